The maximum absolute atomic E-state index is 2.50. The Morgan fingerprint density at radius 1 is 1.00 bits per heavy atom. The van der Waals surface area contributed by atoms with Crippen molar-refractivity contribution < 1.29 is 0 Å². The minimum Gasteiger partial charge on any atom is -0.294 e. The Morgan fingerprint density at radius 3 is 2.20 bits per heavy atom. The predicted molar refractivity (Wildman–Crippen MR) is 93.5 cm³/mol. The number of rotatable bonds is 6. The normalized spacial score (nSPS) is 12.1. The number of benzene rings is 1. The van der Waals surface area contributed by atoms with E-state index in [0.29, 0.717) is 0 Å². The molecule has 0 aliphatic carbocycles. The SMILES string of the molecule is CCN(Cc1ccc([Si](C)(C)C)cc1)Cc1cccs1. The average Bonchev–Trinajstić information content (AvgIpc) is 2.90. The van der Waals surface area contributed by atoms with E-state index in [1.165, 1.54) is 10.4 Å². The summed E-state index contributed by atoms with van der Waals surface area (Å²) in [5, 5.41) is 3.70. The van der Waals surface area contributed by atoms with Gasteiger partial charge in [0.1, 0.15) is 0 Å². The average molecular weight is 304 g/mol. The van der Waals surface area contributed by atoms with E-state index in [-0.39, 0.29) is 0 Å². The first-order chi connectivity index (χ1) is 9.49. The third-order valence-electron chi connectivity index (χ3n) is 3.63. The van der Waals surface area contributed by atoms with Gasteiger partial charge in [0, 0.05) is 18.0 Å². The minimum absolute atomic E-state index is 1.04. The molecule has 1 aromatic heterocycles. The Balaban J connectivity index is 2.01. The number of hydrogen-bond acceptors (Lipinski definition) is 2. The fraction of sp³-hybridized carbons (Fsp3) is 0.412. The van der Waals surface area contributed by atoms with E-state index in [1.807, 2.05) is 11.3 Å². The Hall–Kier alpha value is -0.903. The molecule has 0 N–H and O–H groups in total. The third kappa shape index (κ3) is 4.30. The second-order valence-electron chi connectivity index (χ2n) is 6.33. The number of thiophene rings is 1. The zero-order chi connectivity index (χ0) is 14.6. The van der Waals surface area contributed by atoms with Gasteiger partial charge < -0.3 is 0 Å². The Labute approximate surface area is 128 Å². The van der Waals surface area contributed by atoms with Gasteiger partial charge in [0.2, 0.25) is 0 Å². The lowest BCUT2D eigenvalue weighted by molar-refractivity contribution is 0.274. The minimum atomic E-state index is -1.17. The first-order valence-electron chi connectivity index (χ1n) is 7.33. The van der Waals surface area contributed by atoms with Crippen LogP contribution in [0.5, 0.6) is 0 Å². The van der Waals surface area contributed by atoms with Crippen molar-refractivity contribution in [3.05, 3.63) is 52.2 Å². The highest BCUT2D eigenvalue weighted by atomic mass is 32.1. The quantitative estimate of drug-likeness (QED) is 0.719. The zero-order valence-corrected chi connectivity index (χ0v) is 14.8. The van der Waals surface area contributed by atoms with Crippen molar-refractivity contribution in [1.82, 2.24) is 4.90 Å². The summed E-state index contributed by atoms with van der Waals surface area (Å²) in [6.07, 6.45) is 0. The molecule has 1 heterocycles. The Bertz CT molecular complexity index is 511. The molecule has 0 atom stereocenters. The molecule has 0 saturated heterocycles. The highest BCUT2D eigenvalue weighted by molar-refractivity contribution is 7.09. The van der Waals surface area contributed by atoms with Crippen molar-refractivity contribution in [1.29, 1.82) is 0 Å². The van der Waals surface area contributed by atoms with E-state index in [1.54, 1.807) is 5.19 Å². The second kappa shape index (κ2) is 6.70. The summed E-state index contributed by atoms with van der Waals surface area (Å²) in [6, 6.07) is 13.6. The van der Waals surface area contributed by atoms with Crippen molar-refractivity contribution in [3.63, 3.8) is 0 Å². The topological polar surface area (TPSA) is 3.24 Å². The van der Waals surface area contributed by atoms with Crippen molar-refractivity contribution in [2.45, 2.75) is 39.7 Å². The van der Waals surface area contributed by atoms with Crippen LogP contribution in [-0.2, 0) is 13.1 Å². The Kier molecular flexibility index (Phi) is 5.19. The van der Waals surface area contributed by atoms with Crippen LogP contribution < -0.4 is 5.19 Å². The van der Waals surface area contributed by atoms with Gasteiger partial charge in [-0.3, -0.25) is 4.90 Å². The summed E-state index contributed by atoms with van der Waals surface area (Å²) in [7, 11) is -1.17. The fourth-order valence-electron chi connectivity index (χ4n) is 2.27. The molecule has 0 fully saturated rings. The predicted octanol–water partition coefficient (Wildman–Crippen LogP) is 4.32. The maximum atomic E-state index is 2.50. The smallest absolute Gasteiger partial charge is 0.0775 e. The van der Waals surface area contributed by atoms with Gasteiger partial charge in [-0.1, -0.05) is 62.1 Å². The van der Waals surface area contributed by atoms with E-state index < -0.39 is 8.07 Å². The van der Waals surface area contributed by atoms with Crippen LogP contribution in [0.2, 0.25) is 19.6 Å². The molecule has 2 rings (SSSR count). The number of hydrogen-bond donors (Lipinski definition) is 0. The molecule has 20 heavy (non-hydrogen) atoms. The summed E-state index contributed by atoms with van der Waals surface area (Å²) < 4.78 is 0. The largest absolute Gasteiger partial charge is 0.294 e. The van der Waals surface area contributed by atoms with Gasteiger partial charge in [-0.25, -0.2) is 0 Å². The molecule has 1 nitrogen and oxygen atoms in total. The molecule has 3 heteroatoms. The van der Waals surface area contributed by atoms with Crippen LogP contribution >= 0.6 is 11.3 Å². The maximum Gasteiger partial charge on any atom is 0.0775 e. The highest BCUT2D eigenvalue weighted by Gasteiger charge is 2.15. The second-order valence-corrected chi connectivity index (χ2v) is 12.4. The van der Waals surface area contributed by atoms with Crippen molar-refractivity contribution in [2.75, 3.05) is 6.54 Å². The van der Waals surface area contributed by atoms with Crippen LogP contribution in [0.4, 0.5) is 0 Å². The summed E-state index contributed by atoms with van der Waals surface area (Å²) in [5.41, 5.74) is 1.42. The van der Waals surface area contributed by atoms with Crippen LogP contribution in [0, 0.1) is 0 Å². The fourth-order valence-corrected chi connectivity index (χ4v) is 4.18. The molecule has 0 bridgehead atoms. The molecule has 108 valence electrons. The van der Waals surface area contributed by atoms with Crippen molar-refractivity contribution >= 4 is 24.6 Å². The van der Waals surface area contributed by atoms with E-state index >= 15 is 0 Å². The number of nitrogens with zero attached hydrogens (tertiary/aromatic N) is 1. The van der Waals surface area contributed by atoms with Gasteiger partial charge >= 0.3 is 0 Å². The summed E-state index contributed by atoms with van der Waals surface area (Å²) in [6.45, 7) is 12.6. The molecule has 0 amide bonds. The third-order valence-corrected chi connectivity index (χ3v) is 6.56. The van der Waals surface area contributed by atoms with Gasteiger partial charge in [0.05, 0.1) is 8.07 Å². The first kappa shape index (κ1) is 15.5. The van der Waals surface area contributed by atoms with Crippen LogP contribution in [0.1, 0.15) is 17.4 Å². The monoisotopic (exact) mass is 303 g/mol. The van der Waals surface area contributed by atoms with Crippen LogP contribution in [-0.4, -0.2) is 19.5 Å². The molecular weight excluding hydrogens is 278 g/mol. The van der Waals surface area contributed by atoms with Crippen molar-refractivity contribution in [2.24, 2.45) is 0 Å². The summed E-state index contributed by atoms with van der Waals surface area (Å²) in [5.74, 6) is 0. The Morgan fingerprint density at radius 2 is 1.70 bits per heavy atom. The highest BCUT2D eigenvalue weighted by Crippen LogP contribution is 2.14. The zero-order valence-electron chi connectivity index (χ0n) is 13.0. The molecule has 0 unspecified atom stereocenters. The molecule has 1 aromatic carbocycles. The standard InChI is InChI=1S/C17H25NSSi/c1-5-18(14-16-7-6-12-19-16)13-15-8-10-17(11-9-15)20(2,3)4/h6-12H,5,13-14H2,1-4H3. The lowest BCUT2D eigenvalue weighted by Gasteiger charge is -2.21. The molecule has 0 spiro atoms. The van der Waals surface area contributed by atoms with Gasteiger partial charge in [-0.05, 0) is 23.6 Å². The molecule has 2 aromatic rings. The van der Waals surface area contributed by atoms with E-state index in [0.717, 1.165) is 19.6 Å². The summed E-state index contributed by atoms with van der Waals surface area (Å²) in [4.78, 5) is 3.94. The van der Waals surface area contributed by atoms with Gasteiger partial charge in [0.15, 0.2) is 0 Å². The van der Waals surface area contributed by atoms with Crippen LogP contribution in [0.15, 0.2) is 41.8 Å². The van der Waals surface area contributed by atoms with Gasteiger partial charge in [-0.15, -0.1) is 11.3 Å². The first-order valence-corrected chi connectivity index (χ1v) is 11.7. The molecule has 0 aliphatic heterocycles. The lowest BCUT2D eigenvalue weighted by atomic mass is 10.2. The molecule has 0 radical (unpaired) electrons. The van der Waals surface area contributed by atoms with Crippen LogP contribution in [0.25, 0.3) is 0 Å². The molecule has 0 aliphatic rings. The van der Waals surface area contributed by atoms with Crippen LogP contribution in [0.3, 0.4) is 0 Å². The lowest BCUT2D eigenvalue weighted by Crippen LogP contribution is -2.37. The molecule has 0 saturated carbocycles. The summed E-state index contributed by atoms with van der Waals surface area (Å²) >= 11 is 1.85. The van der Waals surface area contributed by atoms with E-state index in [9.17, 15) is 0 Å². The van der Waals surface area contributed by atoms with E-state index in [2.05, 4.69) is 73.2 Å². The van der Waals surface area contributed by atoms with Gasteiger partial charge in [-0.2, -0.15) is 0 Å². The van der Waals surface area contributed by atoms with E-state index in [4.69, 9.17) is 0 Å². The van der Waals surface area contributed by atoms with Gasteiger partial charge in [0.25, 0.3) is 0 Å². The molecular formula is C17H25NSSi. The van der Waals surface area contributed by atoms with Crippen molar-refractivity contribution in [3.8, 4) is 0 Å².